The van der Waals surface area contributed by atoms with Crippen molar-refractivity contribution in [1.29, 1.82) is 0 Å². The number of carbonyl (C=O) groups excluding carboxylic acids is 1. The van der Waals surface area contributed by atoms with E-state index in [2.05, 4.69) is 22.3 Å². The highest BCUT2D eigenvalue weighted by molar-refractivity contribution is 6.05. The molecule has 1 amide bonds. The molecule has 0 atom stereocenters. The molecule has 32 heavy (non-hydrogen) atoms. The minimum absolute atomic E-state index is 0.0247. The molecule has 7 rings (SSSR count). The number of imidazole rings is 1. The van der Waals surface area contributed by atoms with Crippen LogP contribution in [-0.4, -0.2) is 48.4 Å². The van der Waals surface area contributed by atoms with Crippen LogP contribution in [0.25, 0.3) is 5.78 Å². The lowest BCUT2D eigenvalue weighted by molar-refractivity contribution is 0.0154. The highest BCUT2D eigenvalue weighted by Crippen LogP contribution is 2.58. The first-order chi connectivity index (χ1) is 15.3. The molecule has 2 aliphatic carbocycles. The summed E-state index contributed by atoms with van der Waals surface area (Å²) in [5.41, 5.74) is 1.25. The monoisotopic (exact) mass is 436 g/mol. The molecule has 4 aliphatic rings. The summed E-state index contributed by atoms with van der Waals surface area (Å²) in [6, 6.07) is 2.27. The molecular weight excluding hydrogens is 408 g/mol. The first kappa shape index (κ1) is 19.7. The first-order valence-electron chi connectivity index (χ1n) is 11.4. The Morgan fingerprint density at radius 1 is 1.28 bits per heavy atom. The molecule has 0 unspecified atom stereocenters. The van der Waals surface area contributed by atoms with E-state index in [1.165, 1.54) is 6.42 Å². The van der Waals surface area contributed by atoms with Crippen LogP contribution in [0.1, 0.15) is 75.0 Å². The normalized spacial score (nSPS) is 26.9. The molecular formula is C23H28N6O3. The topological polar surface area (TPSA) is 95.6 Å². The van der Waals surface area contributed by atoms with Crippen LogP contribution in [0.2, 0.25) is 0 Å². The molecule has 9 nitrogen and oxygen atoms in total. The Balaban J connectivity index is 1.31. The number of aromatic nitrogens is 5. The van der Waals surface area contributed by atoms with Crippen LogP contribution in [0.15, 0.2) is 24.7 Å². The zero-order chi connectivity index (χ0) is 22.1. The summed E-state index contributed by atoms with van der Waals surface area (Å²) < 4.78 is 15.6. The van der Waals surface area contributed by atoms with Crippen LogP contribution in [0, 0.1) is 0 Å². The van der Waals surface area contributed by atoms with Crippen molar-refractivity contribution in [3.05, 3.63) is 35.9 Å². The second kappa shape index (κ2) is 6.78. The number of nitrogens with zero attached hydrogens (tertiary/aromatic N) is 5. The molecule has 168 valence electrons. The maximum Gasteiger partial charge on any atom is 0.263 e. The van der Waals surface area contributed by atoms with Gasteiger partial charge >= 0.3 is 0 Å². The predicted octanol–water partition coefficient (Wildman–Crippen LogP) is 3.51. The van der Waals surface area contributed by atoms with Crippen LogP contribution in [0.5, 0.6) is 5.88 Å². The lowest BCUT2D eigenvalue weighted by Crippen LogP contribution is -2.45. The van der Waals surface area contributed by atoms with E-state index in [9.17, 15) is 4.79 Å². The number of hydrogen-bond acceptors (Lipinski definition) is 6. The number of carbonyl (C=O) groups is 1. The molecule has 2 bridgehead atoms. The summed E-state index contributed by atoms with van der Waals surface area (Å²) in [4.78, 5) is 22.5. The van der Waals surface area contributed by atoms with Gasteiger partial charge in [0.1, 0.15) is 5.56 Å². The smallest absolute Gasteiger partial charge is 0.263 e. The van der Waals surface area contributed by atoms with Gasteiger partial charge in [-0.1, -0.05) is 0 Å². The summed E-state index contributed by atoms with van der Waals surface area (Å²) in [6.07, 6.45) is 11.0. The van der Waals surface area contributed by atoms with Gasteiger partial charge in [0.15, 0.2) is 5.82 Å². The SMILES string of the molecule is CC(C)Oc1nc2nc(C34COC(C)(C3)C4)cn2cc1C(=O)Nc1ccn(C2CCC2)n1. The zero-order valence-electron chi connectivity index (χ0n) is 18.7. The quantitative estimate of drug-likeness (QED) is 0.635. The zero-order valence-corrected chi connectivity index (χ0v) is 18.7. The Hall–Kier alpha value is -2.94. The van der Waals surface area contributed by atoms with Gasteiger partial charge in [0.05, 0.1) is 30.0 Å². The van der Waals surface area contributed by atoms with Crippen molar-refractivity contribution in [3.63, 3.8) is 0 Å². The fourth-order valence-electron chi connectivity index (χ4n) is 5.23. The Bertz CT molecular complexity index is 1200. The van der Waals surface area contributed by atoms with E-state index in [0.717, 1.165) is 31.4 Å². The van der Waals surface area contributed by atoms with E-state index in [1.54, 1.807) is 6.20 Å². The van der Waals surface area contributed by atoms with Crippen molar-refractivity contribution < 1.29 is 14.3 Å². The number of ether oxygens (including phenoxy) is 2. The first-order valence-corrected chi connectivity index (χ1v) is 11.4. The summed E-state index contributed by atoms with van der Waals surface area (Å²) in [6.45, 7) is 6.65. The van der Waals surface area contributed by atoms with E-state index in [1.807, 2.05) is 41.4 Å². The molecule has 2 aliphatic heterocycles. The number of anilines is 1. The van der Waals surface area contributed by atoms with Crippen molar-refractivity contribution in [3.8, 4) is 5.88 Å². The van der Waals surface area contributed by atoms with Crippen molar-refractivity contribution >= 4 is 17.5 Å². The van der Waals surface area contributed by atoms with Gasteiger partial charge in [0.25, 0.3) is 5.91 Å². The minimum atomic E-state index is -0.303. The Kier molecular flexibility index (Phi) is 4.18. The lowest BCUT2D eigenvalue weighted by Gasteiger charge is -2.41. The van der Waals surface area contributed by atoms with Gasteiger partial charge < -0.3 is 14.8 Å². The number of hydrogen-bond donors (Lipinski definition) is 1. The van der Waals surface area contributed by atoms with Crippen LogP contribution < -0.4 is 10.1 Å². The molecule has 9 heteroatoms. The number of nitrogens with one attached hydrogen (secondary N) is 1. The number of fused-ring (bicyclic) bond motifs is 2. The molecule has 3 aromatic heterocycles. The Morgan fingerprint density at radius 3 is 2.75 bits per heavy atom. The van der Waals surface area contributed by atoms with Crippen LogP contribution in [0.4, 0.5) is 5.82 Å². The van der Waals surface area contributed by atoms with Gasteiger partial charge in [-0.2, -0.15) is 10.1 Å². The standard InChI is InChI=1S/C23H28N6O3/c1-14(2)32-20-16(19(30)25-18-7-8-29(27-18)15-5-4-6-15)9-28-10-17(24-21(28)26-20)23-11-22(3,12-23)31-13-23/h7-10,14-15H,4-6,11-13H2,1-3H3,(H,25,27,30). The van der Waals surface area contributed by atoms with Crippen LogP contribution in [0.3, 0.4) is 0 Å². The average molecular weight is 437 g/mol. The van der Waals surface area contributed by atoms with Gasteiger partial charge in [0, 0.05) is 30.1 Å². The molecule has 3 aromatic rings. The highest BCUT2D eigenvalue weighted by Gasteiger charge is 2.61. The molecule has 5 heterocycles. The van der Waals surface area contributed by atoms with E-state index in [0.29, 0.717) is 29.8 Å². The second-order valence-corrected chi connectivity index (χ2v) is 10.1. The molecule has 2 saturated heterocycles. The second-order valence-electron chi connectivity index (χ2n) is 10.1. The molecule has 0 aromatic carbocycles. The maximum atomic E-state index is 13.2. The summed E-state index contributed by atoms with van der Waals surface area (Å²) in [5, 5.41) is 7.42. The number of amides is 1. The molecule has 0 radical (unpaired) electrons. The van der Waals surface area contributed by atoms with Crippen LogP contribution >= 0.6 is 0 Å². The fraction of sp³-hybridized carbons (Fsp3) is 0.565. The number of rotatable bonds is 6. The fourth-order valence-corrected chi connectivity index (χ4v) is 5.23. The predicted molar refractivity (Wildman–Crippen MR) is 117 cm³/mol. The molecule has 4 fully saturated rings. The summed E-state index contributed by atoms with van der Waals surface area (Å²) in [5.74, 6) is 1.03. The third kappa shape index (κ3) is 3.09. The molecule has 0 spiro atoms. The van der Waals surface area contributed by atoms with Gasteiger partial charge in [-0.3, -0.25) is 13.9 Å². The average Bonchev–Trinajstić information content (AvgIpc) is 3.41. The van der Waals surface area contributed by atoms with E-state index >= 15 is 0 Å². The van der Waals surface area contributed by atoms with E-state index in [4.69, 9.17) is 14.5 Å². The highest BCUT2D eigenvalue weighted by atomic mass is 16.5. The van der Waals surface area contributed by atoms with Crippen LogP contribution in [-0.2, 0) is 10.2 Å². The summed E-state index contributed by atoms with van der Waals surface area (Å²) >= 11 is 0. The van der Waals surface area contributed by atoms with Crippen molar-refractivity contribution in [2.45, 2.75) is 76.0 Å². The lowest BCUT2D eigenvalue weighted by atomic mass is 9.62. The van der Waals surface area contributed by atoms with Crippen molar-refractivity contribution in [2.75, 3.05) is 11.9 Å². The third-order valence-corrected chi connectivity index (χ3v) is 6.97. The van der Waals surface area contributed by atoms with Gasteiger partial charge in [0.2, 0.25) is 11.7 Å². The maximum absolute atomic E-state index is 13.2. The molecule has 1 N–H and O–H groups in total. The minimum Gasteiger partial charge on any atom is -0.474 e. The van der Waals surface area contributed by atoms with Crippen molar-refractivity contribution in [2.24, 2.45) is 0 Å². The van der Waals surface area contributed by atoms with E-state index in [-0.39, 0.29) is 28.9 Å². The van der Waals surface area contributed by atoms with Gasteiger partial charge in [-0.25, -0.2) is 4.98 Å². The third-order valence-electron chi connectivity index (χ3n) is 6.97. The van der Waals surface area contributed by atoms with E-state index < -0.39 is 0 Å². The Morgan fingerprint density at radius 2 is 2.09 bits per heavy atom. The molecule has 2 saturated carbocycles. The largest absolute Gasteiger partial charge is 0.474 e. The summed E-state index contributed by atoms with van der Waals surface area (Å²) in [7, 11) is 0. The van der Waals surface area contributed by atoms with Gasteiger partial charge in [-0.15, -0.1) is 0 Å². The Labute approximate surface area is 186 Å². The van der Waals surface area contributed by atoms with Crippen molar-refractivity contribution in [1.82, 2.24) is 24.1 Å². The van der Waals surface area contributed by atoms with Gasteiger partial charge in [-0.05, 0) is 52.9 Å².